The third-order valence-corrected chi connectivity index (χ3v) is 1.83. The summed E-state index contributed by atoms with van der Waals surface area (Å²) >= 11 is 0. The molecule has 0 atom stereocenters. The summed E-state index contributed by atoms with van der Waals surface area (Å²) < 4.78 is 3.33. The van der Waals surface area contributed by atoms with Crippen LogP contribution in [0.15, 0.2) is 24.9 Å². The molecule has 0 aromatic carbocycles. The number of rotatable bonds is 2. The minimum atomic E-state index is -1.04. The molecule has 0 spiro atoms. The summed E-state index contributed by atoms with van der Waals surface area (Å²) in [5.41, 5.74) is 0.00741. The number of carboxylic acids is 1. The van der Waals surface area contributed by atoms with Crippen molar-refractivity contribution in [2.45, 2.75) is 0 Å². The first-order valence-corrected chi connectivity index (χ1v) is 3.93. The van der Waals surface area contributed by atoms with Crippen LogP contribution in [0.2, 0.25) is 0 Å². The molecule has 0 aliphatic rings. The Morgan fingerprint density at radius 2 is 2.29 bits per heavy atom. The number of hydrogen-bond acceptors (Lipinski definition) is 3. The van der Waals surface area contributed by atoms with Crippen molar-refractivity contribution in [3.8, 4) is 5.95 Å². The molecule has 2 heterocycles. The van der Waals surface area contributed by atoms with E-state index in [1.54, 1.807) is 21.5 Å². The van der Waals surface area contributed by atoms with Gasteiger partial charge in [-0.3, -0.25) is 4.57 Å². The monoisotopic (exact) mass is 192 g/mol. The van der Waals surface area contributed by atoms with E-state index in [1.807, 2.05) is 7.05 Å². The van der Waals surface area contributed by atoms with E-state index < -0.39 is 5.97 Å². The molecule has 0 saturated carbocycles. The van der Waals surface area contributed by atoms with Crippen LogP contribution >= 0.6 is 0 Å². The first kappa shape index (κ1) is 8.49. The molecule has 2 aromatic rings. The highest BCUT2D eigenvalue weighted by Gasteiger charge is 2.09. The Morgan fingerprint density at radius 3 is 2.79 bits per heavy atom. The van der Waals surface area contributed by atoms with Gasteiger partial charge in [0, 0.05) is 25.6 Å². The van der Waals surface area contributed by atoms with E-state index in [1.165, 1.54) is 12.5 Å². The zero-order valence-electron chi connectivity index (χ0n) is 7.45. The molecule has 0 aliphatic heterocycles. The number of nitrogens with zero attached hydrogens (tertiary/aromatic N) is 4. The van der Waals surface area contributed by atoms with Gasteiger partial charge in [-0.15, -0.1) is 0 Å². The maximum absolute atomic E-state index is 10.6. The van der Waals surface area contributed by atoms with Crippen LogP contribution in [0.5, 0.6) is 0 Å². The third-order valence-electron chi connectivity index (χ3n) is 1.83. The Bertz CT molecular complexity index is 471. The number of aromatic nitrogens is 4. The fraction of sp³-hybridized carbons (Fsp3) is 0.125. The maximum Gasteiger partial charge on any atom is 0.356 e. The summed E-state index contributed by atoms with van der Waals surface area (Å²) in [5, 5.41) is 8.66. The van der Waals surface area contributed by atoms with Gasteiger partial charge in [0.1, 0.15) is 6.33 Å². The molecule has 14 heavy (non-hydrogen) atoms. The van der Waals surface area contributed by atoms with E-state index in [-0.39, 0.29) is 5.69 Å². The molecule has 0 saturated heterocycles. The van der Waals surface area contributed by atoms with Crippen LogP contribution in [0.3, 0.4) is 0 Å². The fourth-order valence-corrected chi connectivity index (χ4v) is 1.15. The topological polar surface area (TPSA) is 72.9 Å². The van der Waals surface area contributed by atoms with E-state index >= 15 is 0 Å². The van der Waals surface area contributed by atoms with Crippen molar-refractivity contribution < 1.29 is 9.90 Å². The number of carboxylic acid groups (broad SMARTS) is 1. The zero-order valence-corrected chi connectivity index (χ0v) is 7.45. The van der Waals surface area contributed by atoms with Crippen LogP contribution in [0, 0.1) is 0 Å². The highest BCUT2D eigenvalue weighted by molar-refractivity contribution is 5.85. The van der Waals surface area contributed by atoms with E-state index in [9.17, 15) is 4.79 Å². The summed E-state index contributed by atoms with van der Waals surface area (Å²) in [6.07, 6.45) is 6.25. The maximum atomic E-state index is 10.6. The molecular formula is C8H8N4O2. The largest absolute Gasteiger partial charge is 0.476 e. The second-order valence-corrected chi connectivity index (χ2v) is 2.81. The first-order chi connectivity index (χ1) is 6.68. The molecule has 0 amide bonds. The molecule has 6 heteroatoms. The Hall–Kier alpha value is -2.11. The normalized spacial score (nSPS) is 10.4. The van der Waals surface area contributed by atoms with Gasteiger partial charge in [0.2, 0.25) is 5.95 Å². The van der Waals surface area contributed by atoms with Crippen LogP contribution in [-0.2, 0) is 7.05 Å². The Balaban J connectivity index is 2.43. The van der Waals surface area contributed by atoms with Gasteiger partial charge < -0.3 is 9.67 Å². The Morgan fingerprint density at radius 1 is 1.50 bits per heavy atom. The van der Waals surface area contributed by atoms with Crippen LogP contribution in [0.1, 0.15) is 10.5 Å². The van der Waals surface area contributed by atoms with Crippen molar-refractivity contribution in [3.63, 3.8) is 0 Å². The zero-order chi connectivity index (χ0) is 10.1. The van der Waals surface area contributed by atoms with Gasteiger partial charge in [-0.05, 0) is 0 Å². The van der Waals surface area contributed by atoms with Crippen molar-refractivity contribution in [1.29, 1.82) is 0 Å². The molecule has 0 unspecified atom stereocenters. The van der Waals surface area contributed by atoms with E-state index in [4.69, 9.17) is 5.11 Å². The SMILES string of the molecule is Cn1ccnc1-n1cnc(C(=O)O)c1. The molecule has 6 nitrogen and oxygen atoms in total. The van der Waals surface area contributed by atoms with Crippen molar-refractivity contribution in [2.75, 3.05) is 0 Å². The third kappa shape index (κ3) is 1.26. The lowest BCUT2D eigenvalue weighted by molar-refractivity contribution is 0.0691. The molecule has 72 valence electrons. The predicted molar refractivity (Wildman–Crippen MR) is 47.3 cm³/mol. The number of hydrogen-bond donors (Lipinski definition) is 1. The van der Waals surface area contributed by atoms with E-state index in [0.29, 0.717) is 5.95 Å². The lowest BCUT2D eigenvalue weighted by Gasteiger charge is -1.99. The number of aryl methyl sites for hydroxylation is 1. The fourth-order valence-electron chi connectivity index (χ4n) is 1.15. The highest BCUT2D eigenvalue weighted by Crippen LogP contribution is 2.04. The molecule has 2 aromatic heterocycles. The standard InChI is InChI=1S/C8H8N4O2/c1-11-3-2-9-8(11)12-4-6(7(13)14)10-5-12/h2-5H,1H3,(H,13,14). The Kier molecular flexibility index (Phi) is 1.81. The van der Waals surface area contributed by atoms with Gasteiger partial charge >= 0.3 is 5.97 Å². The smallest absolute Gasteiger partial charge is 0.356 e. The second kappa shape index (κ2) is 2.99. The van der Waals surface area contributed by atoms with Crippen molar-refractivity contribution in [1.82, 2.24) is 19.1 Å². The molecule has 2 rings (SSSR count). The summed E-state index contributed by atoms with van der Waals surface area (Å²) in [6, 6.07) is 0. The van der Waals surface area contributed by atoms with Gasteiger partial charge in [0.25, 0.3) is 0 Å². The van der Waals surface area contributed by atoms with Gasteiger partial charge in [-0.25, -0.2) is 14.8 Å². The summed E-state index contributed by atoms with van der Waals surface area (Å²) in [7, 11) is 1.82. The summed E-state index contributed by atoms with van der Waals surface area (Å²) in [5.74, 6) is -0.414. The van der Waals surface area contributed by atoms with Gasteiger partial charge in [0.15, 0.2) is 5.69 Å². The van der Waals surface area contributed by atoms with Crippen molar-refractivity contribution in [3.05, 3.63) is 30.6 Å². The van der Waals surface area contributed by atoms with Crippen molar-refractivity contribution in [2.24, 2.45) is 7.05 Å². The lowest BCUT2D eigenvalue weighted by atomic mass is 10.5. The number of imidazole rings is 2. The van der Waals surface area contributed by atoms with Crippen LogP contribution in [-0.4, -0.2) is 30.2 Å². The number of carbonyl (C=O) groups is 1. The van der Waals surface area contributed by atoms with Crippen LogP contribution in [0.4, 0.5) is 0 Å². The quantitative estimate of drug-likeness (QED) is 0.742. The minimum Gasteiger partial charge on any atom is -0.476 e. The first-order valence-electron chi connectivity index (χ1n) is 3.93. The van der Waals surface area contributed by atoms with Gasteiger partial charge in [-0.2, -0.15) is 0 Å². The molecule has 0 aliphatic carbocycles. The molecule has 0 radical (unpaired) electrons. The molecular weight excluding hydrogens is 184 g/mol. The molecule has 1 N–H and O–H groups in total. The molecule has 0 bridgehead atoms. The number of aromatic carboxylic acids is 1. The Labute approximate surface area is 79.5 Å². The van der Waals surface area contributed by atoms with Crippen LogP contribution in [0.25, 0.3) is 5.95 Å². The second-order valence-electron chi connectivity index (χ2n) is 2.81. The average Bonchev–Trinajstić information content (AvgIpc) is 2.71. The summed E-state index contributed by atoms with van der Waals surface area (Å²) in [6.45, 7) is 0. The van der Waals surface area contributed by atoms with E-state index in [2.05, 4.69) is 9.97 Å². The van der Waals surface area contributed by atoms with E-state index in [0.717, 1.165) is 0 Å². The molecule has 0 fully saturated rings. The lowest BCUT2D eigenvalue weighted by Crippen LogP contribution is -2.00. The summed E-state index contributed by atoms with van der Waals surface area (Å²) in [4.78, 5) is 18.3. The average molecular weight is 192 g/mol. The van der Waals surface area contributed by atoms with Gasteiger partial charge in [-0.1, -0.05) is 0 Å². The van der Waals surface area contributed by atoms with Crippen LogP contribution < -0.4 is 0 Å². The highest BCUT2D eigenvalue weighted by atomic mass is 16.4. The predicted octanol–water partition coefficient (Wildman–Crippen LogP) is 0.304. The van der Waals surface area contributed by atoms with Crippen molar-refractivity contribution >= 4 is 5.97 Å². The van der Waals surface area contributed by atoms with Gasteiger partial charge in [0.05, 0.1) is 0 Å². The minimum absolute atomic E-state index is 0.00741.